The minimum absolute atomic E-state index is 0.147. The molecule has 2 rings (SSSR count). The molecular formula is C15H20N2. The van der Waals surface area contributed by atoms with Gasteiger partial charge < -0.3 is 11.5 Å². The number of benzene rings is 1. The summed E-state index contributed by atoms with van der Waals surface area (Å²) in [7, 11) is 0. The van der Waals surface area contributed by atoms with E-state index >= 15 is 0 Å². The van der Waals surface area contributed by atoms with Crippen LogP contribution in [0.2, 0.25) is 0 Å². The molecule has 0 amide bonds. The average Bonchev–Trinajstić information content (AvgIpc) is 2.33. The molecule has 1 aliphatic rings. The summed E-state index contributed by atoms with van der Waals surface area (Å²) in [5.41, 5.74) is 14.1. The van der Waals surface area contributed by atoms with Crippen molar-refractivity contribution in [3.63, 3.8) is 0 Å². The molecule has 4 N–H and O–H groups in total. The molecule has 0 radical (unpaired) electrons. The van der Waals surface area contributed by atoms with Crippen LogP contribution in [0.15, 0.2) is 54.3 Å². The van der Waals surface area contributed by atoms with Crippen LogP contribution in [0.5, 0.6) is 0 Å². The molecule has 0 aromatic heterocycles. The number of hydrogen-bond acceptors (Lipinski definition) is 2. The molecule has 1 aliphatic carbocycles. The molecule has 2 atom stereocenters. The molecule has 0 saturated carbocycles. The molecule has 2 heteroatoms. The van der Waals surface area contributed by atoms with E-state index in [1.54, 1.807) is 0 Å². The quantitative estimate of drug-likeness (QED) is 0.817. The van der Waals surface area contributed by atoms with Crippen LogP contribution in [0.4, 0.5) is 0 Å². The van der Waals surface area contributed by atoms with Gasteiger partial charge in [-0.25, -0.2) is 0 Å². The summed E-state index contributed by atoms with van der Waals surface area (Å²) < 4.78 is 0. The summed E-state index contributed by atoms with van der Waals surface area (Å²) in [6, 6.07) is 10.3. The third-order valence-corrected chi connectivity index (χ3v) is 3.62. The summed E-state index contributed by atoms with van der Waals surface area (Å²) in [4.78, 5) is 0. The second-order valence-corrected chi connectivity index (χ2v) is 5.04. The lowest BCUT2D eigenvalue weighted by atomic mass is 9.70. The Labute approximate surface area is 103 Å². The Hall–Kier alpha value is -1.54. The van der Waals surface area contributed by atoms with E-state index in [2.05, 4.69) is 32.1 Å². The van der Waals surface area contributed by atoms with Crippen LogP contribution in [-0.4, -0.2) is 5.54 Å². The van der Waals surface area contributed by atoms with Crippen LogP contribution in [0.1, 0.15) is 25.3 Å². The van der Waals surface area contributed by atoms with Gasteiger partial charge in [-0.3, -0.25) is 0 Å². The molecule has 17 heavy (non-hydrogen) atoms. The van der Waals surface area contributed by atoms with Crippen LogP contribution in [0.3, 0.4) is 0 Å². The second kappa shape index (κ2) is 4.38. The number of rotatable bonds is 2. The molecule has 0 aliphatic heterocycles. The van der Waals surface area contributed by atoms with E-state index in [-0.39, 0.29) is 11.5 Å². The largest absolute Gasteiger partial charge is 0.399 e. The molecule has 1 aromatic rings. The maximum Gasteiger partial charge on any atom is 0.0471 e. The molecule has 0 bridgehead atoms. The van der Waals surface area contributed by atoms with Gasteiger partial charge in [0.1, 0.15) is 0 Å². The maximum atomic E-state index is 6.55. The first kappa shape index (κ1) is 11.9. The van der Waals surface area contributed by atoms with Crippen molar-refractivity contribution < 1.29 is 0 Å². The van der Waals surface area contributed by atoms with E-state index < -0.39 is 0 Å². The Kier molecular flexibility index (Phi) is 3.07. The highest BCUT2D eigenvalue weighted by atomic mass is 14.8. The van der Waals surface area contributed by atoms with Crippen molar-refractivity contribution in [3.8, 4) is 0 Å². The molecule has 0 spiro atoms. The van der Waals surface area contributed by atoms with Crippen molar-refractivity contribution in [1.82, 2.24) is 0 Å². The van der Waals surface area contributed by atoms with E-state index in [4.69, 9.17) is 11.5 Å². The van der Waals surface area contributed by atoms with Crippen LogP contribution in [0.25, 0.3) is 0 Å². The monoisotopic (exact) mass is 228 g/mol. The number of nitrogens with two attached hydrogens (primary N) is 2. The van der Waals surface area contributed by atoms with Crippen LogP contribution in [0, 0.1) is 5.92 Å². The van der Waals surface area contributed by atoms with Crippen LogP contribution < -0.4 is 11.5 Å². The van der Waals surface area contributed by atoms with Crippen LogP contribution >= 0.6 is 0 Å². The summed E-state index contributed by atoms with van der Waals surface area (Å²) in [6.45, 7) is 4.30. The summed E-state index contributed by atoms with van der Waals surface area (Å²) >= 11 is 0. The van der Waals surface area contributed by atoms with Crippen molar-refractivity contribution in [3.05, 3.63) is 59.8 Å². The zero-order valence-corrected chi connectivity index (χ0v) is 10.4. The topological polar surface area (TPSA) is 52.0 Å². The molecular weight excluding hydrogens is 208 g/mol. The van der Waals surface area contributed by atoms with Gasteiger partial charge in [0, 0.05) is 17.2 Å². The zero-order chi connectivity index (χ0) is 12.5. The van der Waals surface area contributed by atoms with Gasteiger partial charge in [0.15, 0.2) is 0 Å². The first-order chi connectivity index (χ1) is 8.04. The number of hydrogen-bond donors (Lipinski definition) is 2. The highest BCUT2D eigenvalue weighted by Crippen LogP contribution is 2.37. The van der Waals surface area contributed by atoms with Gasteiger partial charge in [0.2, 0.25) is 0 Å². The molecule has 2 unspecified atom stereocenters. The van der Waals surface area contributed by atoms with Gasteiger partial charge in [0.25, 0.3) is 0 Å². The third-order valence-electron chi connectivity index (χ3n) is 3.62. The third kappa shape index (κ3) is 2.13. The van der Waals surface area contributed by atoms with E-state index in [1.807, 2.05) is 30.4 Å². The van der Waals surface area contributed by atoms with Gasteiger partial charge in [0.05, 0.1) is 0 Å². The summed E-state index contributed by atoms with van der Waals surface area (Å²) in [6.07, 6.45) is 6.03. The Morgan fingerprint density at radius 1 is 1.18 bits per heavy atom. The smallest absolute Gasteiger partial charge is 0.0471 e. The Morgan fingerprint density at radius 2 is 1.82 bits per heavy atom. The first-order valence-electron chi connectivity index (χ1n) is 6.04. The fraction of sp³-hybridized carbons (Fsp3) is 0.333. The Bertz CT molecular complexity index is 445. The minimum atomic E-state index is -0.357. The predicted molar refractivity (Wildman–Crippen MR) is 72.3 cm³/mol. The maximum absolute atomic E-state index is 6.55. The van der Waals surface area contributed by atoms with Crippen LogP contribution in [-0.2, 0) is 0 Å². The fourth-order valence-corrected chi connectivity index (χ4v) is 2.33. The van der Waals surface area contributed by atoms with Gasteiger partial charge in [-0.2, -0.15) is 0 Å². The zero-order valence-electron chi connectivity index (χ0n) is 10.4. The van der Waals surface area contributed by atoms with Crippen molar-refractivity contribution in [1.29, 1.82) is 0 Å². The predicted octanol–water partition coefficient (Wildman–Crippen LogP) is 2.54. The summed E-state index contributed by atoms with van der Waals surface area (Å²) in [5.74, 6) is 0.502. The normalized spacial score (nSPS) is 28.2. The molecule has 1 aromatic carbocycles. The summed E-state index contributed by atoms with van der Waals surface area (Å²) in [5, 5.41) is 0. The lowest BCUT2D eigenvalue weighted by Crippen LogP contribution is -2.49. The van der Waals surface area contributed by atoms with Gasteiger partial charge in [-0.1, -0.05) is 56.3 Å². The second-order valence-electron chi connectivity index (χ2n) is 5.04. The first-order valence-corrected chi connectivity index (χ1v) is 6.04. The van der Waals surface area contributed by atoms with E-state index in [0.29, 0.717) is 5.92 Å². The fourth-order valence-electron chi connectivity index (χ4n) is 2.33. The van der Waals surface area contributed by atoms with Gasteiger partial charge in [-0.15, -0.1) is 0 Å². The van der Waals surface area contributed by atoms with E-state index in [0.717, 1.165) is 5.70 Å². The molecule has 0 saturated heterocycles. The molecule has 90 valence electrons. The highest BCUT2D eigenvalue weighted by molar-refractivity contribution is 5.40. The Balaban J connectivity index is 2.45. The SMILES string of the molecule is CC(C)C1(N)C=CC(N)=CC1c1ccccc1. The van der Waals surface area contributed by atoms with Crippen molar-refractivity contribution >= 4 is 0 Å². The van der Waals surface area contributed by atoms with Crippen molar-refractivity contribution in [2.45, 2.75) is 25.3 Å². The van der Waals surface area contributed by atoms with Gasteiger partial charge in [-0.05, 0) is 17.6 Å². The van der Waals surface area contributed by atoms with Gasteiger partial charge >= 0.3 is 0 Å². The molecule has 0 heterocycles. The lowest BCUT2D eigenvalue weighted by Gasteiger charge is -2.39. The molecule has 0 fully saturated rings. The lowest BCUT2D eigenvalue weighted by molar-refractivity contribution is 0.347. The molecule has 2 nitrogen and oxygen atoms in total. The van der Waals surface area contributed by atoms with E-state index in [9.17, 15) is 0 Å². The van der Waals surface area contributed by atoms with Crippen molar-refractivity contribution in [2.24, 2.45) is 17.4 Å². The Morgan fingerprint density at radius 3 is 2.41 bits per heavy atom. The minimum Gasteiger partial charge on any atom is -0.399 e. The van der Waals surface area contributed by atoms with Crippen molar-refractivity contribution in [2.75, 3.05) is 0 Å². The highest BCUT2D eigenvalue weighted by Gasteiger charge is 2.37. The van der Waals surface area contributed by atoms with E-state index in [1.165, 1.54) is 5.56 Å². The standard InChI is InChI=1S/C15H20N2/c1-11(2)15(17)9-8-13(16)10-14(15)12-6-4-3-5-7-12/h3-11,14H,16-17H2,1-2H3. The average molecular weight is 228 g/mol. The number of allylic oxidation sites excluding steroid dienone is 1.